The van der Waals surface area contributed by atoms with Crippen molar-refractivity contribution in [3.05, 3.63) is 29.8 Å². The third kappa shape index (κ3) is 5.04. The van der Waals surface area contributed by atoms with Crippen molar-refractivity contribution in [3.8, 4) is 11.8 Å². The van der Waals surface area contributed by atoms with Crippen LogP contribution < -0.4 is 4.74 Å². The van der Waals surface area contributed by atoms with Crippen molar-refractivity contribution < 1.29 is 9.84 Å². The molecule has 0 unspecified atom stereocenters. The van der Waals surface area contributed by atoms with Crippen LogP contribution in [0.5, 0.6) is 5.75 Å². The van der Waals surface area contributed by atoms with Gasteiger partial charge in [0.05, 0.1) is 12.5 Å². The van der Waals surface area contributed by atoms with E-state index in [1.165, 1.54) is 19.3 Å². The fourth-order valence-electron chi connectivity index (χ4n) is 2.74. The van der Waals surface area contributed by atoms with Gasteiger partial charge in [0.1, 0.15) is 18.5 Å². The van der Waals surface area contributed by atoms with Gasteiger partial charge in [-0.05, 0) is 44.0 Å². The minimum Gasteiger partial charge on any atom is -0.491 e. The van der Waals surface area contributed by atoms with Crippen molar-refractivity contribution in [1.29, 1.82) is 5.26 Å². The third-order valence-corrected chi connectivity index (χ3v) is 4.03. The summed E-state index contributed by atoms with van der Waals surface area (Å²) in [6, 6.07) is 10.1. The van der Waals surface area contributed by atoms with E-state index in [0.717, 1.165) is 17.9 Å². The van der Waals surface area contributed by atoms with Crippen molar-refractivity contribution in [1.82, 2.24) is 4.90 Å². The van der Waals surface area contributed by atoms with Gasteiger partial charge in [0.2, 0.25) is 0 Å². The molecule has 1 fully saturated rings. The van der Waals surface area contributed by atoms with Crippen LogP contribution in [-0.2, 0) is 6.42 Å². The summed E-state index contributed by atoms with van der Waals surface area (Å²) in [4.78, 5) is 2.34. The number of nitriles is 1. The SMILES string of the molecule is C[C@H]1CCCCN1C[C@@H](O)COc1ccc(CC#N)cc1. The molecule has 0 bridgehead atoms. The van der Waals surface area contributed by atoms with Gasteiger partial charge < -0.3 is 9.84 Å². The number of rotatable bonds is 6. The van der Waals surface area contributed by atoms with Crippen LogP contribution in [0.3, 0.4) is 0 Å². The Kier molecular flexibility index (Phi) is 6.04. The van der Waals surface area contributed by atoms with Crippen molar-refractivity contribution in [3.63, 3.8) is 0 Å². The lowest BCUT2D eigenvalue weighted by molar-refractivity contribution is 0.0438. The molecule has 4 heteroatoms. The topological polar surface area (TPSA) is 56.5 Å². The van der Waals surface area contributed by atoms with Crippen molar-refractivity contribution >= 4 is 0 Å². The van der Waals surface area contributed by atoms with E-state index in [9.17, 15) is 5.11 Å². The number of nitrogens with zero attached hydrogens (tertiary/aromatic N) is 2. The summed E-state index contributed by atoms with van der Waals surface area (Å²) >= 11 is 0. The Morgan fingerprint density at radius 3 is 2.81 bits per heavy atom. The first-order chi connectivity index (χ1) is 10.2. The number of likely N-dealkylation sites (tertiary alicyclic amines) is 1. The standard InChI is InChI=1S/C17H24N2O2/c1-14-4-2-3-11-19(14)12-16(20)13-21-17-7-5-15(6-8-17)9-10-18/h5-8,14,16,20H,2-4,9,11-13H2,1H3/t14-,16+/m0/s1. The quantitative estimate of drug-likeness (QED) is 0.873. The molecule has 0 aliphatic carbocycles. The lowest BCUT2D eigenvalue weighted by Crippen LogP contribution is -2.43. The van der Waals surface area contributed by atoms with Crippen molar-refractivity contribution in [2.45, 2.75) is 44.8 Å². The lowest BCUT2D eigenvalue weighted by Gasteiger charge is -2.34. The first-order valence-corrected chi connectivity index (χ1v) is 7.70. The molecule has 0 saturated carbocycles. The van der Waals surface area contributed by atoms with Crippen LogP contribution in [0.2, 0.25) is 0 Å². The highest BCUT2D eigenvalue weighted by Gasteiger charge is 2.20. The normalized spacial score (nSPS) is 20.7. The summed E-state index contributed by atoms with van der Waals surface area (Å²) in [6.07, 6.45) is 3.67. The smallest absolute Gasteiger partial charge is 0.119 e. The second-order valence-electron chi connectivity index (χ2n) is 5.78. The van der Waals surface area contributed by atoms with Crippen molar-refractivity contribution in [2.24, 2.45) is 0 Å². The summed E-state index contributed by atoms with van der Waals surface area (Å²) in [5, 5.41) is 18.7. The number of aliphatic hydroxyl groups is 1. The van der Waals surface area contributed by atoms with E-state index < -0.39 is 6.10 Å². The highest BCUT2D eigenvalue weighted by atomic mass is 16.5. The van der Waals surface area contributed by atoms with E-state index in [4.69, 9.17) is 10.00 Å². The molecule has 1 saturated heterocycles. The van der Waals surface area contributed by atoms with Crippen LogP contribution in [0.1, 0.15) is 31.7 Å². The monoisotopic (exact) mass is 288 g/mol. The zero-order chi connectivity index (χ0) is 15.1. The van der Waals surface area contributed by atoms with Crippen molar-refractivity contribution in [2.75, 3.05) is 19.7 Å². The van der Waals surface area contributed by atoms with Gasteiger partial charge in [-0.3, -0.25) is 4.90 Å². The molecule has 114 valence electrons. The minimum atomic E-state index is -0.468. The highest BCUT2D eigenvalue weighted by molar-refractivity contribution is 5.28. The summed E-state index contributed by atoms with van der Waals surface area (Å²) in [5.74, 6) is 0.738. The number of ether oxygens (including phenoxy) is 1. The maximum absolute atomic E-state index is 10.1. The lowest BCUT2D eigenvalue weighted by atomic mass is 10.0. The van der Waals surface area contributed by atoms with Gasteiger partial charge in [0.15, 0.2) is 0 Å². The van der Waals surface area contributed by atoms with Crippen LogP contribution in [0, 0.1) is 11.3 Å². The van der Waals surface area contributed by atoms with Crippen LogP contribution in [0.4, 0.5) is 0 Å². The van der Waals surface area contributed by atoms with E-state index >= 15 is 0 Å². The Bertz CT molecular complexity index is 467. The van der Waals surface area contributed by atoms with E-state index in [0.29, 0.717) is 25.6 Å². The molecular weight excluding hydrogens is 264 g/mol. The summed E-state index contributed by atoms with van der Waals surface area (Å²) in [6.45, 7) is 4.27. The highest BCUT2D eigenvalue weighted by Crippen LogP contribution is 2.17. The molecular formula is C17H24N2O2. The second kappa shape index (κ2) is 8.02. The van der Waals surface area contributed by atoms with Crippen LogP contribution in [-0.4, -0.2) is 41.8 Å². The van der Waals surface area contributed by atoms with Crippen LogP contribution in [0.25, 0.3) is 0 Å². The first kappa shape index (κ1) is 15.8. The summed E-state index contributed by atoms with van der Waals surface area (Å²) in [7, 11) is 0. The fraction of sp³-hybridized carbons (Fsp3) is 0.588. The molecule has 1 aromatic carbocycles. The zero-order valence-corrected chi connectivity index (χ0v) is 12.7. The van der Waals surface area contributed by atoms with Gasteiger partial charge in [0, 0.05) is 12.6 Å². The molecule has 1 N–H and O–H groups in total. The number of hydrogen-bond donors (Lipinski definition) is 1. The van der Waals surface area contributed by atoms with E-state index in [-0.39, 0.29) is 0 Å². The molecule has 4 nitrogen and oxygen atoms in total. The van der Waals surface area contributed by atoms with Crippen LogP contribution in [0.15, 0.2) is 24.3 Å². The number of benzene rings is 1. The molecule has 1 aliphatic rings. The minimum absolute atomic E-state index is 0.306. The maximum Gasteiger partial charge on any atom is 0.119 e. The number of piperidine rings is 1. The Morgan fingerprint density at radius 1 is 1.38 bits per heavy atom. The van der Waals surface area contributed by atoms with Gasteiger partial charge in [-0.25, -0.2) is 0 Å². The summed E-state index contributed by atoms with van der Waals surface area (Å²) < 4.78 is 5.62. The van der Waals surface area contributed by atoms with E-state index in [1.54, 1.807) is 0 Å². The second-order valence-corrected chi connectivity index (χ2v) is 5.78. The zero-order valence-electron chi connectivity index (χ0n) is 12.7. The Morgan fingerprint density at radius 2 is 2.14 bits per heavy atom. The fourth-order valence-corrected chi connectivity index (χ4v) is 2.74. The number of aliphatic hydroxyl groups excluding tert-OH is 1. The molecule has 1 aromatic rings. The Hall–Kier alpha value is -1.57. The number of β-amino-alcohol motifs (C(OH)–C–C–N with tert-alkyl or cyclic N) is 1. The Balaban J connectivity index is 1.75. The van der Waals surface area contributed by atoms with E-state index in [1.807, 2.05) is 24.3 Å². The molecule has 0 spiro atoms. The number of hydrogen-bond acceptors (Lipinski definition) is 4. The molecule has 2 rings (SSSR count). The molecule has 21 heavy (non-hydrogen) atoms. The molecule has 0 amide bonds. The maximum atomic E-state index is 10.1. The average molecular weight is 288 g/mol. The summed E-state index contributed by atoms with van der Waals surface area (Å²) in [5.41, 5.74) is 0.979. The molecule has 0 radical (unpaired) electrons. The Labute approximate surface area is 127 Å². The van der Waals surface area contributed by atoms with Gasteiger partial charge in [-0.15, -0.1) is 0 Å². The molecule has 1 aliphatic heterocycles. The van der Waals surface area contributed by atoms with Gasteiger partial charge >= 0.3 is 0 Å². The first-order valence-electron chi connectivity index (χ1n) is 7.70. The predicted molar refractivity (Wildman–Crippen MR) is 82.1 cm³/mol. The average Bonchev–Trinajstić information content (AvgIpc) is 2.49. The van der Waals surface area contributed by atoms with Gasteiger partial charge in [-0.1, -0.05) is 18.6 Å². The largest absolute Gasteiger partial charge is 0.491 e. The van der Waals surface area contributed by atoms with Gasteiger partial charge in [-0.2, -0.15) is 5.26 Å². The van der Waals surface area contributed by atoms with E-state index in [2.05, 4.69) is 17.9 Å². The van der Waals surface area contributed by atoms with Gasteiger partial charge in [0.25, 0.3) is 0 Å². The molecule has 2 atom stereocenters. The predicted octanol–water partition coefficient (Wildman–Crippen LogP) is 2.37. The van der Waals surface area contributed by atoms with Crippen LogP contribution >= 0.6 is 0 Å². The third-order valence-electron chi connectivity index (χ3n) is 4.03. The molecule has 1 heterocycles. The molecule has 0 aromatic heterocycles.